The van der Waals surface area contributed by atoms with Gasteiger partial charge in [-0.05, 0) is 132 Å². The molecule has 10 aromatic rings. The maximum absolute atomic E-state index is 7.24. The lowest BCUT2D eigenvalue weighted by molar-refractivity contribution is 0.360. The van der Waals surface area contributed by atoms with Gasteiger partial charge >= 0.3 is 0 Å². The summed E-state index contributed by atoms with van der Waals surface area (Å²) in [6.45, 7) is 4.72. The average Bonchev–Trinajstić information content (AvgIpc) is 3.95. The summed E-state index contributed by atoms with van der Waals surface area (Å²) in [7, 11) is 0. The molecule has 10 aromatic carbocycles. The van der Waals surface area contributed by atoms with Crippen LogP contribution in [0.5, 0.6) is 23.0 Å². The molecule has 1 aliphatic heterocycles. The Labute approximate surface area is 390 Å². The maximum atomic E-state index is 7.24. The van der Waals surface area contributed by atoms with Crippen molar-refractivity contribution in [2.45, 2.75) is 24.7 Å². The summed E-state index contributed by atoms with van der Waals surface area (Å²) in [5, 5.41) is 0. The second-order valence-electron chi connectivity index (χ2n) is 18.8. The fraction of sp³-hybridized carbons (Fsp3) is 0.0625. The summed E-state index contributed by atoms with van der Waals surface area (Å²) in [5.41, 5.74) is 22.3. The molecule has 0 fully saturated rings. The molecule has 0 saturated heterocycles. The van der Waals surface area contributed by atoms with Crippen LogP contribution in [0, 0.1) is 0 Å². The Balaban J connectivity index is 0.903. The molecule has 14 rings (SSSR count). The molecule has 3 nitrogen and oxygen atoms in total. The number of hydrogen-bond donors (Lipinski definition) is 0. The summed E-state index contributed by atoms with van der Waals surface area (Å²) in [6.07, 6.45) is 0. The molecule has 1 spiro atoms. The Bertz CT molecular complexity index is 3620. The summed E-state index contributed by atoms with van der Waals surface area (Å²) in [4.78, 5) is 2.36. The van der Waals surface area contributed by atoms with Crippen LogP contribution in [-0.2, 0) is 10.8 Å². The molecule has 316 valence electrons. The maximum Gasteiger partial charge on any atom is 0.178 e. The van der Waals surface area contributed by atoms with Crippen LogP contribution in [0.2, 0.25) is 0 Å². The van der Waals surface area contributed by atoms with Crippen molar-refractivity contribution in [3.63, 3.8) is 0 Å². The van der Waals surface area contributed by atoms with Gasteiger partial charge in [-0.1, -0.05) is 184 Å². The van der Waals surface area contributed by atoms with Gasteiger partial charge in [-0.15, -0.1) is 0 Å². The van der Waals surface area contributed by atoms with Crippen LogP contribution in [0.25, 0.3) is 55.6 Å². The molecular formula is C64H43NO2. The monoisotopic (exact) mass is 857 g/mol. The molecule has 3 aliphatic carbocycles. The third-order valence-corrected chi connectivity index (χ3v) is 15.0. The number of hydrogen-bond acceptors (Lipinski definition) is 3. The molecule has 3 heteroatoms. The lowest BCUT2D eigenvalue weighted by Gasteiger charge is -2.31. The van der Waals surface area contributed by atoms with E-state index in [0.29, 0.717) is 11.5 Å². The van der Waals surface area contributed by atoms with E-state index in [1.54, 1.807) is 0 Å². The van der Waals surface area contributed by atoms with E-state index in [1.807, 2.05) is 0 Å². The van der Waals surface area contributed by atoms with E-state index in [2.05, 4.69) is 243 Å². The van der Waals surface area contributed by atoms with Gasteiger partial charge in [-0.2, -0.15) is 0 Å². The first-order valence-electron chi connectivity index (χ1n) is 23.2. The fourth-order valence-corrected chi connectivity index (χ4v) is 11.9. The molecule has 4 aliphatic rings. The molecule has 1 heterocycles. The van der Waals surface area contributed by atoms with E-state index < -0.39 is 5.41 Å². The van der Waals surface area contributed by atoms with Crippen molar-refractivity contribution in [2.75, 3.05) is 4.90 Å². The van der Waals surface area contributed by atoms with Gasteiger partial charge in [0.25, 0.3) is 0 Å². The van der Waals surface area contributed by atoms with E-state index in [9.17, 15) is 0 Å². The van der Waals surface area contributed by atoms with Gasteiger partial charge in [-0.25, -0.2) is 0 Å². The van der Waals surface area contributed by atoms with Crippen LogP contribution in [0.1, 0.15) is 47.2 Å². The van der Waals surface area contributed by atoms with Crippen molar-refractivity contribution < 1.29 is 9.47 Å². The van der Waals surface area contributed by atoms with Crippen LogP contribution in [0.4, 0.5) is 17.1 Å². The number of fused-ring (bicyclic) bond motifs is 16. The highest BCUT2D eigenvalue weighted by Crippen LogP contribution is 2.66. The summed E-state index contributed by atoms with van der Waals surface area (Å²) in [6, 6.07) is 81.5. The van der Waals surface area contributed by atoms with Crippen molar-refractivity contribution >= 4 is 17.1 Å². The minimum absolute atomic E-state index is 0.223. The summed E-state index contributed by atoms with van der Waals surface area (Å²) >= 11 is 0. The summed E-state index contributed by atoms with van der Waals surface area (Å²) in [5.74, 6) is 2.83. The molecule has 0 aromatic heterocycles. The second kappa shape index (κ2) is 14.1. The number of rotatable bonds is 5. The normalized spacial score (nSPS) is 14.3. The number of ether oxygens (including phenoxy) is 2. The first-order chi connectivity index (χ1) is 33.0. The Morgan fingerprint density at radius 2 is 0.791 bits per heavy atom. The number of nitrogens with zero attached hydrogens (tertiary/aromatic N) is 1. The van der Waals surface area contributed by atoms with Crippen LogP contribution in [0.15, 0.2) is 224 Å². The summed E-state index contributed by atoms with van der Waals surface area (Å²) < 4.78 is 14.1. The molecule has 0 atom stereocenters. The number of anilines is 3. The van der Waals surface area contributed by atoms with Crippen LogP contribution < -0.4 is 14.4 Å². The molecule has 0 N–H and O–H groups in total. The first-order valence-corrected chi connectivity index (χ1v) is 23.2. The van der Waals surface area contributed by atoms with Crippen molar-refractivity contribution in [1.29, 1.82) is 0 Å². The second-order valence-corrected chi connectivity index (χ2v) is 18.8. The smallest absolute Gasteiger partial charge is 0.178 e. The predicted molar refractivity (Wildman–Crippen MR) is 272 cm³/mol. The largest absolute Gasteiger partial charge is 0.449 e. The van der Waals surface area contributed by atoms with E-state index in [0.717, 1.165) is 34.1 Å². The third-order valence-electron chi connectivity index (χ3n) is 15.0. The third kappa shape index (κ3) is 5.34. The standard InChI is InChI=1S/C64H43NO2/c1-63(2)56-37-43(41-17-7-4-8-18-41)27-32-49(56)50-33-30-45(38-57(50)63)65(44-28-25-42(26-29-44)40-15-5-3-6-16-40)46-31-35-58-60(39-46)67-62-59(66-58)36-34-55-61(62)51-21-11-14-24-54(51)64(55)52-22-12-9-19-47(52)48-20-10-13-23-53(48)64/h3-39H,1-2H3. The van der Waals surface area contributed by atoms with Gasteiger partial charge < -0.3 is 14.4 Å². The van der Waals surface area contributed by atoms with E-state index in [-0.39, 0.29) is 5.41 Å². The topological polar surface area (TPSA) is 21.7 Å². The lowest BCUT2D eigenvalue weighted by Crippen LogP contribution is -2.25. The zero-order chi connectivity index (χ0) is 44.4. The molecule has 0 bridgehead atoms. The SMILES string of the molecule is CC1(C)c2cc(-c3ccccc3)ccc2-c2ccc(N(c3ccc(-c4ccccc4)cc3)c3ccc4c(c3)Oc3c(ccc5c3-c3ccccc3C53c5ccccc5-c5ccccc53)O4)cc21. The van der Waals surface area contributed by atoms with E-state index in [1.165, 1.54) is 83.5 Å². The highest BCUT2D eigenvalue weighted by molar-refractivity contribution is 5.98. The fourth-order valence-electron chi connectivity index (χ4n) is 11.9. The minimum Gasteiger partial charge on any atom is -0.449 e. The molecule has 0 unspecified atom stereocenters. The van der Waals surface area contributed by atoms with Gasteiger partial charge in [0, 0.05) is 28.4 Å². The zero-order valence-electron chi connectivity index (χ0n) is 37.1. The predicted octanol–water partition coefficient (Wildman–Crippen LogP) is 17.0. The van der Waals surface area contributed by atoms with Crippen LogP contribution >= 0.6 is 0 Å². The van der Waals surface area contributed by atoms with Crippen molar-refractivity contribution in [3.05, 3.63) is 258 Å². The highest BCUT2D eigenvalue weighted by Gasteiger charge is 2.53. The van der Waals surface area contributed by atoms with Crippen LogP contribution in [0.3, 0.4) is 0 Å². The first kappa shape index (κ1) is 37.9. The van der Waals surface area contributed by atoms with Crippen LogP contribution in [-0.4, -0.2) is 0 Å². The Morgan fingerprint density at radius 3 is 1.48 bits per heavy atom. The molecule has 0 saturated carbocycles. The molecule has 67 heavy (non-hydrogen) atoms. The number of benzene rings is 10. The highest BCUT2D eigenvalue weighted by atomic mass is 16.6. The average molecular weight is 858 g/mol. The van der Waals surface area contributed by atoms with Gasteiger partial charge in [0.15, 0.2) is 23.0 Å². The molecular weight excluding hydrogens is 815 g/mol. The van der Waals surface area contributed by atoms with Gasteiger partial charge in [-0.3, -0.25) is 0 Å². The van der Waals surface area contributed by atoms with Crippen molar-refractivity contribution in [2.24, 2.45) is 0 Å². The molecule has 0 radical (unpaired) electrons. The quantitative estimate of drug-likeness (QED) is 0.172. The van der Waals surface area contributed by atoms with Gasteiger partial charge in [0.2, 0.25) is 0 Å². The Morgan fingerprint density at radius 1 is 0.313 bits per heavy atom. The van der Waals surface area contributed by atoms with Gasteiger partial charge in [0.05, 0.1) is 11.1 Å². The zero-order valence-corrected chi connectivity index (χ0v) is 37.1. The van der Waals surface area contributed by atoms with Gasteiger partial charge in [0.1, 0.15) is 0 Å². The minimum atomic E-state index is -0.480. The van der Waals surface area contributed by atoms with Crippen molar-refractivity contribution in [1.82, 2.24) is 0 Å². The van der Waals surface area contributed by atoms with E-state index >= 15 is 0 Å². The van der Waals surface area contributed by atoms with Crippen molar-refractivity contribution in [3.8, 4) is 78.6 Å². The Hall–Kier alpha value is -8.40. The lowest BCUT2D eigenvalue weighted by atomic mass is 9.70. The molecule has 0 amide bonds. The van der Waals surface area contributed by atoms with E-state index in [4.69, 9.17) is 9.47 Å². The Kier molecular flexibility index (Phi) is 7.95.